The van der Waals surface area contributed by atoms with E-state index in [1.165, 1.54) is 99.0 Å². The molecule has 7 nitrogen and oxygen atoms in total. The van der Waals surface area contributed by atoms with Crippen LogP contribution in [0.5, 0.6) is 0 Å². The second kappa shape index (κ2) is 22.9. The number of hydrogen-bond donors (Lipinski definition) is 0. The second-order valence-corrected chi connectivity index (χ2v) is 27.2. The third-order valence-corrected chi connectivity index (χ3v) is 21.7. The Kier molecular flexibility index (Phi) is 12.9. The van der Waals surface area contributed by atoms with Gasteiger partial charge in [-0.25, -0.2) is 4.98 Å². The minimum Gasteiger partial charge on any atom is -0.333 e. The van der Waals surface area contributed by atoms with Crippen LogP contribution in [0.1, 0.15) is 22.6 Å². The van der Waals surface area contributed by atoms with Crippen LogP contribution in [-0.2, 0) is 0 Å². The number of hydrogen-bond acceptors (Lipinski definition) is 3. The molecule has 2 aliphatic rings. The summed E-state index contributed by atoms with van der Waals surface area (Å²) in [5.41, 5.74) is 27.2. The van der Waals surface area contributed by atoms with Crippen molar-refractivity contribution in [3.63, 3.8) is 0 Å². The average molecular weight is 1300 g/mol. The number of rotatable bonds is 10. The summed E-state index contributed by atoms with van der Waals surface area (Å²) in [4.78, 5) is 13.9. The van der Waals surface area contributed by atoms with Crippen molar-refractivity contribution in [3.8, 4) is 67.8 Å². The molecule has 0 bridgehead atoms. The predicted octanol–water partition coefficient (Wildman–Crippen LogP) is 24.1. The second-order valence-electron chi connectivity index (χ2n) is 27.2. The van der Waals surface area contributed by atoms with Crippen molar-refractivity contribution < 1.29 is 0 Å². The highest BCUT2D eigenvalue weighted by molar-refractivity contribution is 6.13. The lowest BCUT2D eigenvalue weighted by molar-refractivity contribution is 0.747. The molecular formula is C95H63N7. The van der Waals surface area contributed by atoms with E-state index < -0.39 is 0 Å². The van der Waals surface area contributed by atoms with E-state index in [0.29, 0.717) is 5.95 Å². The molecule has 1 aliphatic heterocycles. The molecule has 5 aromatic heterocycles. The maximum absolute atomic E-state index is 5.67. The summed E-state index contributed by atoms with van der Waals surface area (Å²) in [6.45, 7) is 2.19. The molecule has 2 atom stereocenters. The zero-order chi connectivity index (χ0) is 67.1. The smallest absolute Gasteiger partial charge is 0.237 e. The van der Waals surface area contributed by atoms with Crippen molar-refractivity contribution in [1.29, 1.82) is 0 Å². The van der Waals surface area contributed by atoms with Gasteiger partial charge in [-0.3, -0.25) is 9.13 Å². The van der Waals surface area contributed by atoms with E-state index in [2.05, 4.69) is 382 Å². The highest BCUT2D eigenvalue weighted by Gasteiger charge is 2.39. The number of anilines is 2. The van der Waals surface area contributed by atoms with Crippen LogP contribution in [0.15, 0.2) is 352 Å². The SMILES string of the molecule is Cc1c(-c2ccc(N3c4cc(-c5ccc(-n6c7ccccc7c7ccc(-c8ccccc8)cc76)cc5)ccc4C4C=CC(c5ccc(-n6c7ccccc7c7ccc(-c8ccccc8)cc76)cc5)=CC43)cc2)nc(-n2c3ccccc3c3ccccc32)nc1-n1c2ccccc2c2ccccc21. The number of nitrogens with zero attached hydrogens (tertiary/aromatic N) is 7. The Balaban J connectivity index is 0.698. The molecule has 1 aliphatic carbocycles. The zero-order valence-corrected chi connectivity index (χ0v) is 55.8. The van der Waals surface area contributed by atoms with Crippen LogP contribution >= 0.6 is 0 Å². The Morgan fingerprint density at radius 2 is 0.657 bits per heavy atom. The van der Waals surface area contributed by atoms with Gasteiger partial charge in [0.15, 0.2) is 0 Å². The first-order valence-corrected chi connectivity index (χ1v) is 35.2. The summed E-state index contributed by atoms with van der Waals surface area (Å²) in [5, 5.41) is 9.65. The standard InChI is InChI=1S/C95H63N7/c1-60-93(96-95(102-87-34-18-12-26-75(87)76-27-13-19-35-88(76)102)97-94(60)101-85-32-16-10-24-73(85)74-25-11-17-33-86(74)101)65-40-50-72(51-41-65)100-91-58-68(63-36-46-70(47-37-63)98-83-30-14-8-28-77(83)79-52-42-66(56-89(79)98)61-20-4-2-5-21-61)44-54-81(91)82-55-45-69(59-92(82)100)64-38-48-71(49-39-64)99-84-31-15-9-29-78(84)80-53-43-67(57-90(80)99)62-22-6-3-7-23-62/h2-59,81,91H,1H3. The zero-order valence-electron chi connectivity index (χ0n) is 55.8. The lowest BCUT2D eigenvalue weighted by atomic mass is 9.86. The molecule has 6 heterocycles. The van der Waals surface area contributed by atoms with E-state index in [0.717, 1.165) is 83.7 Å². The van der Waals surface area contributed by atoms with Crippen molar-refractivity contribution in [2.75, 3.05) is 4.90 Å². The predicted molar refractivity (Wildman–Crippen MR) is 425 cm³/mol. The average Bonchev–Trinajstić information content (AvgIpc) is 1.57. The Hall–Kier alpha value is -13.4. The van der Waals surface area contributed by atoms with Crippen LogP contribution in [-0.4, -0.2) is 34.3 Å². The van der Waals surface area contributed by atoms with Gasteiger partial charge in [0.2, 0.25) is 5.95 Å². The maximum atomic E-state index is 5.67. The van der Waals surface area contributed by atoms with Crippen LogP contribution in [0.25, 0.3) is 161 Å². The number of benzene rings is 14. The summed E-state index contributed by atoms with van der Waals surface area (Å²) >= 11 is 0. The van der Waals surface area contributed by atoms with E-state index in [1.807, 2.05) is 0 Å². The molecule has 478 valence electrons. The van der Waals surface area contributed by atoms with Crippen molar-refractivity contribution in [1.82, 2.24) is 28.2 Å². The molecule has 14 aromatic carbocycles. The molecule has 2 unspecified atom stereocenters. The van der Waals surface area contributed by atoms with Gasteiger partial charge in [-0.15, -0.1) is 0 Å². The minimum absolute atomic E-state index is 0.0300. The summed E-state index contributed by atoms with van der Waals surface area (Å²) in [6, 6.07) is 122. The van der Waals surface area contributed by atoms with Crippen molar-refractivity contribution in [3.05, 3.63) is 369 Å². The molecule has 0 saturated heterocycles. The third-order valence-electron chi connectivity index (χ3n) is 21.7. The molecule has 102 heavy (non-hydrogen) atoms. The summed E-state index contributed by atoms with van der Waals surface area (Å²) in [6.07, 6.45) is 7.30. The monoisotopic (exact) mass is 1300 g/mol. The quantitative estimate of drug-likeness (QED) is 0.137. The molecule has 0 radical (unpaired) electrons. The van der Waals surface area contributed by atoms with Crippen LogP contribution in [0.4, 0.5) is 11.4 Å². The van der Waals surface area contributed by atoms with E-state index in [-0.39, 0.29) is 12.0 Å². The Bertz CT molecular complexity index is 6580. The van der Waals surface area contributed by atoms with Gasteiger partial charge < -0.3 is 14.0 Å². The van der Waals surface area contributed by atoms with Gasteiger partial charge >= 0.3 is 0 Å². The summed E-state index contributed by atoms with van der Waals surface area (Å²) < 4.78 is 9.44. The van der Waals surface area contributed by atoms with Gasteiger partial charge in [0.1, 0.15) is 5.82 Å². The largest absolute Gasteiger partial charge is 0.333 e. The van der Waals surface area contributed by atoms with Gasteiger partial charge in [-0.1, -0.05) is 261 Å². The molecule has 7 heteroatoms. The molecule has 0 saturated carbocycles. The number of allylic oxidation sites excluding steroid dienone is 2. The van der Waals surface area contributed by atoms with Crippen molar-refractivity contribution >= 4 is 104 Å². The van der Waals surface area contributed by atoms with Crippen LogP contribution in [0.2, 0.25) is 0 Å². The first kappa shape index (κ1) is 57.7. The topological polar surface area (TPSA) is 48.7 Å². The first-order chi connectivity index (χ1) is 50.5. The Morgan fingerprint density at radius 3 is 1.15 bits per heavy atom. The highest BCUT2D eigenvalue weighted by atomic mass is 15.2. The normalized spacial score (nSPS) is 14.3. The van der Waals surface area contributed by atoms with E-state index in [9.17, 15) is 0 Å². The Labute approximate surface area is 588 Å². The minimum atomic E-state index is -0.0300. The van der Waals surface area contributed by atoms with Gasteiger partial charge in [-0.05, 0) is 148 Å². The van der Waals surface area contributed by atoms with Crippen LogP contribution in [0.3, 0.4) is 0 Å². The fourth-order valence-electron chi connectivity index (χ4n) is 16.9. The van der Waals surface area contributed by atoms with Gasteiger partial charge in [0.25, 0.3) is 0 Å². The molecule has 0 N–H and O–H groups in total. The molecule has 0 amide bonds. The summed E-state index contributed by atoms with van der Waals surface area (Å²) in [7, 11) is 0. The molecule has 19 aromatic rings. The van der Waals surface area contributed by atoms with Gasteiger partial charge in [0.05, 0.1) is 55.9 Å². The first-order valence-electron chi connectivity index (χ1n) is 35.2. The van der Waals surface area contributed by atoms with Crippen molar-refractivity contribution in [2.45, 2.75) is 18.9 Å². The molecule has 21 rings (SSSR count). The summed E-state index contributed by atoms with van der Waals surface area (Å²) in [5.74, 6) is 1.55. The lowest BCUT2D eigenvalue weighted by Gasteiger charge is -2.30. The van der Waals surface area contributed by atoms with Crippen LogP contribution < -0.4 is 4.90 Å². The fourth-order valence-corrected chi connectivity index (χ4v) is 16.9. The Morgan fingerprint density at radius 1 is 0.284 bits per heavy atom. The fraction of sp³-hybridized carbons (Fsp3) is 0.0316. The highest BCUT2D eigenvalue weighted by Crippen LogP contribution is 2.51. The molecular weight excluding hydrogens is 1240 g/mol. The third kappa shape index (κ3) is 8.94. The van der Waals surface area contributed by atoms with E-state index in [4.69, 9.17) is 9.97 Å². The van der Waals surface area contributed by atoms with Crippen molar-refractivity contribution in [2.24, 2.45) is 0 Å². The lowest BCUT2D eigenvalue weighted by Crippen LogP contribution is -2.29. The maximum Gasteiger partial charge on any atom is 0.237 e. The number of fused-ring (bicyclic) bond motifs is 15. The van der Waals surface area contributed by atoms with E-state index in [1.54, 1.807) is 0 Å². The van der Waals surface area contributed by atoms with Crippen LogP contribution in [0, 0.1) is 6.92 Å². The number of aromatic nitrogens is 6. The van der Waals surface area contributed by atoms with Gasteiger partial charge in [0, 0.05) is 82.9 Å². The molecule has 0 spiro atoms. The molecule has 0 fully saturated rings. The van der Waals surface area contributed by atoms with Gasteiger partial charge in [-0.2, -0.15) is 4.98 Å². The number of para-hydroxylation sites is 6. The van der Waals surface area contributed by atoms with E-state index >= 15 is 0 Å².